The van der Waals surface area contributed by atoms with Gasteiger partial charge in [0, 0.05) is 202 Å². The number of phenols is 4. The summed E-state index contributed by atoms with van der Waals surface area (Å²) in [4.78, 5) is 13.7. The maximum atomic E-state index is 10.7. The highest BCUT2D eigenvalue weighted by atomic mass is 35.5. The van der Waals surface area contributed by atoms with Crippen LogP contribution in [-0.4, -0.2) is 118 Å². The number of hydrogen-bond acceptors (Lipinski definition) is 10. The first-order valence-electron chi connectivity index (χ1n) is 36.6. The van der Waals surface area contributed by atoms with Crippen LogP contribution >= 0.6 is 46.4 Å². The van der Waals surface area contributed by atoms with Crippen molar-refractivity contribution in [2.45, 2.75) is 243 Å². The average Bonchev–Trinajstić information content (AvgIpc) is 1.54. The summed E-state index contributed by atoms with van der Waals surface area (Å²) in [7, 11) is 8.15. The van der Waals surface area contributed by atoms with E-state index >= 15 is 0 Å². The van der Waals surface area contributed by atoms with Crippen LogP contribution in [0, 0.1) is 0 Å². The van der Waals surface area contributed by atoms with E-state index in [4.69, 9.17) is 46.4 Å². The van der Waals surface area contributed by atoms with Crippen molar-refractivity contribution in [1.82, 2.24) is 0 Å². The monoisotopic (exact) mass is 1440 g/mol. The third-order valence-electron chi connectivity index (χ3n) is 21.5. The number of hydrogen-bond donors (Lipinski definition) is 4. The zero-order valence-electron chi connectivity index (χ0n) is 64.9. The first-order chi connectivity index (χ1) is 46.3. The average molecular weight is 1440 g/mol. The molecule has 0 unspecified atom stereocenters. The highest BCUT2D eigenvalue weighted by Gasteiger charge is 2.44. The van der Waals surface area contributed by atoms with Crippen LogP contribution in [0.4, 0.5) is 34.1 Å². The van der Waals surface area contributed by atoms with Crippen LogP contribution in [-0.2, 0) is 5.41 Å². The summed E-state index contributed by atoms with van der Waals surface area (Å²) in [6.07, 6.45) is 2.81. The normalized spacial score (nSPS) is 18.8. The van der Waals surface area contributed by atoms with Crippen molar-refractivity contribution >= 4 is 124 Å². The fraction of sp³-hybridized carbons (Fsp3) is 0.535. The Labute approximate surface area is 620 Å². The number of phenolic OH excluding ortho intramolecular Hbond substituents is 4. The smallest absolute Gasteiger partial charge is 0.125 e. The lowest BCUT2D eigenvalue weighted by Gasteiger charge is -2.35. The Kier molecular flexibility index (Phi) is 22.8. The van der Waals surface area contributed by atoms with E-state index in [-0.39, 0.29) is 72.8 Å². The number of nitrogens with zero attached hydrogens (tertiary/aromatic N) is 6. The highest BCUT2D eigenvalue weighted by molar-refractivity contribution is 6.23. The van der Waals surface area contributed by atoms with Gasteiger partial charge in [0.05, 0.1) is 0 Å². The predicted octanol–water partition coefficient (Wildman–Crippen LogP) is 23.2. The van der Waals surface area contributed by atoms with Crippen LogP contribution in [0.25, 0.3) is 43.1 Å². The summed E-state index contributed by atoms with van der Waals surface area (Å²) in [5.74, 6) is 2.93. The number of aromatic hydroxyl groups is 4. The minimum atomic E-state index is -0.0207. The second-order valence-electron chi connectivity index (χ2n) is 34.5. The first-order valence-corrected chi connectivity index (χ1v) is 38.3. The van der Waals surface area contributed by atoms with E-state index in [9.17, 15) is 20.4 Å². The highest BCUT2D eigenvalue weighted by Crippen LogP contribution is 2.55. The molecule has 12 rings (SSSR count). The second-order valence-corrected chi connectivity index (χ2v) is 36.9. The van der Waals surface area contributed by atoms with Crippen molar-refractivity contribution in [2.75, 3.05) is 83.8 Å². The van der Waals surface area contributed by atoms with E-state index in [0.29, 0.717) is 28.9 Å². The van der Waals surface area contributed by atoms with Crippen molar-refractivity contribution < 1.29 is 20.4 Å². The lowest BCUT2D eigenvalue weighted by Crippen LogP contribution is -2.41. The molecule has 0 saturated carbocycles. The molecule has 4 N–H and O–H groups in total. The Morgan fingerprint density at radius 2 is 0.640 bits per heavy atom. The largest absolute Gasteiger partial charge is 0.507 e. The molecule has 4 heterocycles. The van der Waals surface area contributed by atoms with Gasteiger partial charge in [-0.05, 0) is 212 Å². The Morgan fingerprint density at radius 3 is 0.910 bits per heavy atom. The van der Waals surface area contributed by atoms with Crippen LogP contribution in [0.5, 0.6) is 23.0 Å². The van der Waals surface area contributed by atoms with E-state index in [1.165, 1.54) is 33.4 Å². The molecule has 544 valence electrons. The van der Waals surface area contributed by atoms with Crippen molar-refractivity contribution in [2.24, 2.45) is 0 Å². The Morgan fingerprint density at radius 1 is 0.370 bits per heavy atom. The van der Waals surface area contributed by atoms with Gasteiger partial charge >= 0.3 is 0 Å². The molecular weight excluding hydrogens is 1320 g/mol. The van der Waals surface area contributed by atoms with E-state index < -0.39 is 0 Å². The van der Waals surface area contributed by atoms with Gasteiger partial charge in [0.1, 0.15) is 23.0 Å². The molecule has 0 fully saturated rings. The molecule has 100 heavy (non-hydrogen) atoms. The van der Waals surface area contributed by atoms with Crippen molar-refractivity contribution in [3.8, 4) is 23.0 Å². The first kappa shape index (κ1) is 78.1. The van der Waals surface area contributed by atoms with Crippen LogP contribution < -0.4 is 29.4 Å². The molecule has 0 spiro atoms. The zero-order chi connectivity index (χ0) is 74.3. The molecular formula is C86H118Cl4N6O4. The zero-order valence-corrected chi connectivity index (χ0v) is 67.9. The van der Waals surface area contributed by atoms with Crippen molar-refractivity contribution in [3.05, 3.63) is 130 Å². The lowest BCUT2D eigenvalue weighted by atomic mass is 9.83. The predicted molar refractivity (Wildman–Crippen MR) is 438 cm³/mol. The summed E-state index contributed by atoms with van der Waals surface area (Å²) in [5, 5.41) is 51.2. The molecule has 4 aliphatic rings. The lowest BCUT2D eigenvalue weighted by molar-refractivity contribution is 0.477. The summed E-state index contributed by atoms with van der Waals surface area (Å²) >= 11 is 26.9. The molecule has 8 aromatic carbocycles. The maximum absolute atomic E-state index is 10.7. The van der Waals surface area contributed by atoms with Crippen LogP contribution in [0.2, 0.25) is 0 Å². The summed E-state index contributed by atoms with van der Waals surface area (Å²) in [6, 6.07) is 33.1. The van der Waals surface area contributed by atoms with Crippen LogP contribution in [0.3, 0.4) is 0 Å². The number of anilines is 6. The quantitative estimate of drug-likeness (QED) is 0.0991. The summed E-state index contributed by atoms with van der Waals surface area (Å²) < 4.78 is 0. The fourth-order valence-electron chi connectivity index (χ4n) is 15.7. The third kappa shape index (κ3) is 15.4. The van der Waals surface area contributed by atoms with Gasteiger partial charge in [-0.15, -0.1) is 46.4 Å². The molecule has 0 radical (unpaired) electrons. The molecule has 0 bridgehead atoms. The molecule has 10 nitrogen and oxygen atoms in total. The van der Waals surface area contributed by atoms with Gasteiger partial charge in [0.2, 0.25) is 0 Å². The topological polar surface area (TPSA) is 100 Å². The molecule has 14 heteroatoms. The van der Waals surface area contributed by atoms with Gasteiger partial charge in [-0.1, -0.05) is 91.8 Å². The van der Waals surface area contributed by atoms with Crippen LogP contribution in [0.15, 0.2) is 97.1 Å². The molecule has 0 aliphatic carbocycles. The summed E-state index contributed by atoms with van der Waals surface area (Å²) in [6.45, 7) is 49.8. The molecule has 8 atom stereocenters. The number of rotatable bonds is 10. The van der Waals surface area contributed by atoms with Gasteiger partial charge < -0.3 is 49.8 Å². The van der Waals surface area contributed by atoms with Gasteiger partial charge in [-0.3, -0.25) is 0 Å². The standard InChI is InChI=1S/C23H32ClNO.C22H30ClNO.C21H29ClN2O.C20H27ClN2O/c1-8-18(24)17-13-25(23(5,6)7)19-12-20(26)15-10-9-14(22(2,3)4)11-16(15)21(17)19;1-7-18(23)17-12-24(22(4,5)6)19-11-20(25)15-9-8-14(13(2)3)10-16(15)21(17)19;1-7-17(22)16-12-24(21(2,3)4)18-11-19(25)14-9-8-13(23(5)6)10-15(14)20(16)18;1-12(21)16-11-23(20(2,3)4)17-10-18(24)14-8-7-13(22(5)6)9-15(14)19(16)17/h9-12,17-18,26H,8,13H2,1-7H3;8-11,13,17-18,25H,7,12H2,1-6H3;8-11,16-17,25H,7,12H2,1-6H3;7-10,12,16,24H,11H2,1-6H3/t2*17-,18+;16-,17+;12-,16+/m0001/s1. The maximum Gasteiger partial charge on any atom is 0.125 e. The number of fused-ring (bicyclic) bond motifs is 12. The molecule has 4 aliphatic heterocycles. The molecule has 8 aromatic rings. The Bertz CT molecular complexity index is 4150. The van der Waals surface area contributed by atoms with E-state index in [0.717, 1.165) is 123 Å². The van der Waals surface area contributed by atoms with E-state index in [2.05, 4.69) is 229 Å². The van der Waals surface area contributed by atoms with Gasteiger partial charge in [0.15, 0.2) is 0 Å². The summed E-state index contributed by atoms with van der Waals surface area (Å²) in [5.41, 5.74) is 14.5. The second kappa shape index (κ2) is 29.2. The minimum absolute atomic E-state index is 0.0103. The fourth-order valence-corrected chi connectivity index (χ4v) is 16.5. The SMILES string of the molecule is CC[C@@H](Cl)[C@@H]1CN(C(C)(C)C)c2cc(O)c3ccc(C(C)(C)C)cc3c21.CC[C@@H](Cl)[C@@H]1CN(C(C)(C)C)c2cc(O)c3ccc(C(C)C)cc3c21.CC[C@@H](Cl)[C@@H]1CN(C(C)(C)C)c2cc(O)c3ccc(N(C)C)cc3c21.C[C@@H](Cl)[C@@H]1CN(C(C)(C)C)c2cc(O)c3ccc(N(C)C)cc3c21. The minimum Gasteiger partial charge on any atom is -0.507 e. The van der Waals surface area contributed by atoms with Gasteiger partial charge in [-0.25, -0.2) is 0 Å². The molecule has 0 saturated heterocycles. The van der Waals surface area contributed by atoms with E-state index in [1.807, 2.05) is 70.7 Å². The third-order valence-corrected chi connectivity index (χ3v) is 23.7. The Balaban J connectivity index is 0.000000156. The van der Waals surface area contributed by atoms with Gasteiger partial charge in [-0.2, -0.15) is 0 Å². The Hall–Kier alpha value is -6.04. The number of halogens is 4. The molecule has 0 aromatic heterocycles. The van der Waals surface area contributed by atoms with Crippen molar-refractivity contribution in [3.63, 3.8) is 0 Å². The number of alkyl halides is 4. The van der Waals surface area contributed by atoms with Crippen molar-refractivity contribution in [1.29, 1.82) is 0 Å². The molecule has 0 amide bonds. The van der Waals surface area contributed by atoms with E-state index in [1.54, 1.807) is 0 Å². The van der Waals surface area contributed by atoms with Crippen LogP contribution in [0.1, 0.15) is 228 Å². The van der Waals surface area contributed by atoms with Gasteiger partial charge in [0.25, 0.3) is 0 Å². The number of benzene rings is 8.